The minimum atomic E-state index is -0.399. The summed E-state index contributed by atoms with van der Waals surface area (Å²) in [7, 11) is 1.41. The Morgan fingerprint density at radius 1 is 1.04 bits per heavy atom. The predicted octanol–water partition coefficient (Wildman–Crippen LogP) is 5.68. The number of carbonyl (C=O) groups excluding carboxylic acids is 2. The lowest BCUT2D eigenvalue weighted by molar-refractivity contribution is 0.0933. The summed E-state index contributed by atoms with van der Waals surface area (Å²) in [6.07, 6.45) is 3.58. The van der Waals surface area contributed by atoms with Crippen molar-refractivity contribution in [2.75, 3.05) is 12.8 Å². The molecule has 222 valence electrons. The second kappa shape index (κ2) is 11.2. The highest BCUT2D eigenvalue weighted by molar-refractivity contribution is 5.99. The average molecular weight is 597 g/mol. The summed E-state index contributed by atoms with van der Waals surface area (Å²) in [4.78, 5) is 39.0. The molecular formula is C35H28N6O4. The van der Waals surface area contributed by atoms with Crippen molar-refractivity contribution in [1.29, 1.82) is 0 Å². The molecule has 3 aromatic carbocycles. The first-order chi connectivity index (χ1) is 21.9. The molecule has 0 saturated carbocycles. The van der Waals surface area contributed by atoms with Crippen LogP contribution < -0.4 is 15.8 Å². The number of nitrogens with two attached hydrogens (primary N) is 1. The number of nitrogens with one attached hydrogen (secondary N) is 1. The monoisotopic (exact) mass is 596 g/mol. The van der Waals surface area contributed by atoms with Gasteiger partial charge in [-0.2, -0.15) is 0 Å². The maximum Gasteiger partial charge on any atom is 0.255 e. The number of aromatic nitrogens is 4. The molecule has 1 aliphatic rings. The highest BCUT2D eigenvalue weighted by Gasteiger charge is 2.27. The number of fused-ring (bicyclic) bond motifs is 2. The maximum atomic E-state index is 13.3. The van der Waals surface area contributed by atoms with Crippen LogP contribution in [0.15, 0.2) is 91.1 Å². The number of benzene rings is 3. The summed E-state index contributed by atoms with van der Waals surface area (Å²) < 4.78 is 7.30. The number of hydrogen-bond donors (Lipinski definition) is 3. The number of carbonyl (C=O) groups is 2. The van der Waals surface area contributed by atoms with E-state index >= 15 is 0 Å². The first-order valence-electron chi connectivity index (χ1n) is 14.4. The summed E-state index contributed by atoms with van der Waals surface area (Å²) in [6.45, 7) is 0. The number of anilines is 1. The first kappa shape index (κ1) is 27.8. The largest absolute Gasteiger partial charge is 0.507 e. The molecule has 0 fully saturated rings. The summed E-state index contributed by atoms with van der Waals surface area (Å²) in [6, 6.07) is 26.1. The molecule has 3 aromatic heterocycles. The number of aryl methyl sites for hydroxylation is 1. The number of methoxy groups -OCH3 is 1. The zero-order valence-electron chi connectivity index (χ0n) is 24.3. The maximum absolute atomic E-state index is 13.3. The number of aromatic hydroxyl groups is 1. The summed E-state index contributed by atoms with van der Waals surface area (Å²) in [5.74, 6) is 0.525. The lowest BCUT2D eigenvalue weighted by atomic mass is 10.0. The Bertz CT molecular complexity index is 2110. The molecule has 4 N–H and O–H groups in total. The van der Waals surface area contributed by atoms with Gasteiger partial charge in [-0.3, -0.25) is 14.2 Å². The number of aldehydes is 1. The number of phenolic OH excluding ortho intramolecular Hbond substituents is 1. The summed E-state index contributed by atoms with van der Waals surface area (Å²) in [5.41, 5.74) is 13.3. The lowest BCUT2D eigenvalue weighted by Gasteiger charge is -2.17. The fourth-order valence-corrected chi connectivity index (χ4v) is 5.91. The van der Waals surface area contributed by atoms with Crippen LogP contribution in [0.2, 0.25) is 0 Å². The highest BCUT2D eigenvalue weighted by atomic mass is 16.5. The minimum Gasteiger partial charge on any atom is -0.507 e. The Labute approximate surface area is 258 Å². The predicted molar refractivity (Wildman–Crippen MR) is 171 cm³/mol. The zero-order valence-corrected chi connectivity index (χ0v) is 24.3. The van der Waals surface area contributed by atoms with Crippen LogP contribution in [-0.2, 0) is 6.42 Å². The van der Waals surface area contributed by atoms with E-state index in [0.717, 1.165) is 40.0 Å². The fourth-order valence-electron chi connectivity index (χ4n) is 5.91. The van der Waals surface area contributed by atoms with E-state index in [-0.39, 0.29) is 28.7 Å². The van der Waals surface area contributed by atoms with Gasteiger partial charge in [-0.15, -0.1) is 0 Å². The molecule has 3 heterocycles. The Morgan fingerprint density at radius 2 is 1.89 bits per heavy atom. The van der Waals surface area contributed by atoms with Gasteiger partial charge in [0.05, 0.1) is 35.5 Å². The van der Waals surface area contributed by atoms with Gasteiger partial charge in [-0.05, 0) is 66.4 Å². The fraction of sp³-hybridized carbons (Fsp3) is 0.114. The van der Waals surface area contributed by atoms with E-state index in [4.69, 9.17) is 20.4 Å². The zero-order chi connectivity index (χ0) is 31.1. The van der Waals surface area contributed by atoms with Crippen LogP contribution in [0.25, 0.3) is 39.5 Å². The molecule has 0 spiro atoms. The molecule has 0 unspecified atom stereocenters. The smallest absolute Gasteiger partial charge is 0.255 e. The van der Waals surface area contributed by atoms with Gasteiger partial charge >= 0.3 is 0 Å². The Balaban J connectivity index is 1.29. The van der Waals surface area contributed by atoms with Crippen molar-refractivity contribution in [3.05, 3.63) is 113 Å². The van der Waals surface area contributed by atoms with E-state index in [1.807, 2.05) is 71.3 Å². The van der Waals surface area contributed by atoms with Crippen LogP contribution in [0.4, 0.5) is 5.82 Å². The van der Waals surface area contributed by atoms with Crippen molar-refractivity contribution in [2.24, 2.45) is 0 Å². The second-order valence-corrected chi connectivity index (χ2v) is 10.8. The number of nitrogen functional groups attached to an aromatic ring is 1. The van der Waals surface area contributed by atoms with E-state index < -0.39 is 5.91 Å². The minimum absolute atomic E-state index is 0.0130. The lowest BCUT2D eigenvalue weighted by Crippen LogP contribution is -2.27. The van der Waals surface area contributed by atoms with Gasteiger partial charge in [0.15, 0.2) is 17.8 Å². The molecule has 10 nitrogen and oxygen atoms in total. The number of nitrogens with zero attached hydrogens (tertiary/aromatic N) is 4. The van der Waals surface area contributed by atoms with Gasteiger partial charge in [0.2, 0.25) is 0 Å². The van der Waals surface area contributed by atoms with Gasteiger partial charge in [-0.1, -0.05) is 36.4 Å². The Morgan fingerprint density at radius 3 is 2.67 bits per heavy atom. The van der Waals surface area contributed by atoms with Crippen LogP contribution in [0, 0.1) is 0 Å². The Hall–Kier alpha value is -6.03. The Kier molecular flexibility index (Phi) is 6.94. The van der Waals surface area contributed by atoms with Crippen LogP contribution in [0.3, 0.4) is 0 Å². The molecule has 0 aliphatic heterocycles. The first-order valence-corrected chi connectivity index (χ1v) is 14.4. The van der Waals surface area contributed by atoms with E-state index in [1.165, 1.54) is 19.2 Å². The molecular weight excluding hydrogens is 568 g/mol. The highest BCUT2D eigenvalue weighted by Crippen LogP contribution is 2.37. The van der Waals surface area contributed by atoms with Crippen molar-refractivity contribution < 1.29 is 19.4 Å². The third kappa shape index (κ3) is 4.92. The SMILES string of the molecule is COc1cc(O)c(C=O)cc1C(=O)N[C@H]1CCc2cc(-n3c(-c4cccnc4N)nc4ccc(-c5ccccc5)nc43)ccc21. The molecule has 1 atom stereocenters. The number of hydrogen-bond acceptors (Lipinski definition) is 8. The van der Waals surface area contributed by atoms with Crippen LogP contribution >= 0.6 is 0 Å². The third-order valence-electron chi connectivity index (χ3n) is 8.14. The summed E-state index contributed by atoms with van der Waals surface area (Å²) in [5, 5.41) is 13.1. The number of ether oxygens (including phenoxy) is 1. The van der Waals surface area contributed by atoms with Crippen molar-refractivity contribution >= 4 is 29.2 Å². The van der Waals surface area contributed by atoms with Gasteiger partial charge in [0.1, 0.15) is 22.8 Å². The van der Waals surface area contributed by atoms with Gasteiger partial charge in [0, 0.05) is 23.5 Å². The topological polar surface area (TPSA) is 145 Å². The van der Waals surface area contributed by atoms with Gasteiger partial charge in [0.25, 0.3) is 5.91 Å². The van der Waals surface area contributed by atoms with Crippen LogP contribution in [0.5, 0.6) is 11.5 Å². The van der Waals surface area contributed by atoms with E-state index in [9.17, 15) is 14.7 Å². The van der Waals surface area contributed by atoms with Crippen LogP contribution in [0.1, 0.15) is 44.3 Å². The molecule has 0 radical (unpaired) electrons. The van der Waals surface area contributed by atoms with E-state index in [2.05, 4.69) is 16.4 Å². The van der Waals surface area contributed by atoms with E-state index in [0.29, 0.717) is 35.6 Å². The summed E-state index contributed by atoms with van der Waals surface area (Å²) >= 11 is 0. The molecule has 1 aliphatic carbocycles. The molecule has 0 saturated heterocycles. The van der Waals surface area contributed by atoms with E-state index in [1.54, 1.807) is 6.20 Å². The molecule has 10 heteroatoms. The normalized spacial score (nSPS) is 13.8. The van der Waals surface area contributed by atoms with Crippen molar-refractivity contribution in [1.82, 2.24) is 24.8 Å². The van der Waals surface area contributed by atoms with Crippen molar-refractivity contribution in [3.8, 4) is 39.8 Å². The quantitative estimate of drug-likeness (QED) is 0.200. The number of pyridine rings is 2. The second-order valence-electron chi connectivity index (χ2n) is 10.8. The number of imidazole rings is 1. The molecule has 6 aromatic rings. The van der Waals surface area contributed by atoms with Gasteiger partial charge < -0.3 is 20.9 Å². The van der Waals surface area contributed by atoms with Crippen molar-refractivity contribution in [3.63, 3.8) is 0 Å². The molecule has 45 heavy (non-hydrogen) atoms. The average Bonchev–Trinajstić information content (AvgIpc) is 3.65. The van der Waals surface area contributed by atoms with Crippen molar-refractivity contribution in [2.45, 2.75) is 18.9 Å². The number of amides is 1. The molecule has 1 amide bonds. The third-order valence-corrected chi connectivity index (χ3v) is 8.14. The number of rotatable bonds is 7. The standard InChI is InChI=1S/C35H28N6O4/c1-45-31-18-30(43)22(19-42)17-26(31)35(44)40-28-12-9-21-16-23(10-11-24(21)28)41-33(25-8-5-15-37-32(25)36)39-29-14-13-27(38-34(29)41)20-6-3-2-4-7-20/h2-8,10-11,13-19,28,43H,9,12H2,1H3,(H2,36,37)(H,40,44)/t28-/m0/s1. The van der Waals surface area contributed by atoms with Crippen LogP contribution in [-0.4, -0.2) is 43.9 Å². The number of phenols is 1. The van der Waals surface area contributed by atoms with Gasteiger partial charge in [-0.25, -0.2) is 15.0 Å². The molecule has 0 bridgehead atoms. The molecule has 7 rings (SSSR count).